The van der Waals surface area contributed by atoms with Gasteiger partial charge in [-0.1, -0.05) is 11.6 Å². The first-order valence-electron chi connectivity index (χ1n) is 12.2. The summed E-state index contributed by atoms with van der Waals surface area (Å²) in [6.07, 6.45) is 1.27. The van der Waals surface area contributed by atoms with E-state index in [0.29, 0.717) is 29.3 Å². The second-order valence-corrected chi connectivity index (χ2v) is 9.23. The number of hydrogen-bond donors (Lipinski definition) is 4. The monoisotopic (exact) mass is 539 g/mol. The number of likely N-dealkylation sites (N-methyl/N-ethyl adjacent to an activating group) is 1. The molecule has 11 nitrogen and oxygen atoms in total. The number of H-pyrrole nitrogens is 1. The average Bonchev–Trinajstić information content (AvgIpc) is 3.41. The standard InChI is InChI=1S/C26H30ClN7O4/c1-28-25(36)22-23(30-16-29-22)26(37)32-18-5-3-17(4-6-18)31-24(35)20-8-7-19(15-21(20)27)38-14-13-34-11-9-33(2)10-12-34/h3-8,15-16H,9-14H2,1-2H3,(H,28,36)(H,29,30)(H,31,35)(H,32,37). The molecule has 2 aromatic carbocycles. The van der Waals surface area contributed by atoms with E-state index in [4.69, 9.17) is 16.3 Å². The molecule has 1 aromatic heterocycles. The largest absolute Gasteiger partial charge is 0.492 e. The first-order valence-corrected chi connectivity index (χ1v) is 12.5. The molecule has 0 aliphatic carbocycles. The first-order chi connectivity index (χ1) is 18.3. The van der Waals surface area contributed by atoms with Crippen LogP contribution in [0.3, 0.4) is 0 Å². The number of nitrogens with zero attached hydrogens (tertiary/aromatic N) is 3. The highest BCUT2D eigenvalue weighted by Gasteiger charge is 2.20. The lowest BCUT2D eigenvalue weighted by atomic mass is 10.2. The van der Waals surface area contributed by atoms with Crippen molar-refractivity contribution < 1.29 is 19.1 Å². The Labute approximate surface area is 225 Å². The maximum atomic E-state index is 12.8. The molecule has 0 atom stereocenters. The van der Waals surface area contributed by atoms with E-state index in [1.54, 1.807) is 42.5 Å². The molecule has 1 fully saturated rings. The van der Waals surface area contributed by atoms with E-state index < -0.39 is 11.8 Å². The second kappa shape index (κ2) is 12.5. The maximum absolute atomic E-state index is 12.8. The zero-order valence-corrected chi connectivity index (χ0v) is 22.0. The van der Waals surface area contributed by atoms with Crippen LogP contribution in [0.2, 0.25) is 5.02 Å². The van der Waals surface area contributed by atoms with Crippen LogP contribution >= 0.6 is 11.6 Å². The normalized spacial score (nSPS) is 14.1. The van der Waals surface area contributed by atoms with Crippen LogP contribution in [0.5, 0.6) is 5.75 Å². The lowest BCUT2D eigenvalue weighted by Gasteiger charge is -2.32. The molecule has 1 saturated heterocycles. The van der Waals surface area contributed by atoms with Crippen LogP contribution in [-0.2, 0) is 0 Å². The van der Waals surface area contributed by atoms with Crippen molar-refractivity contribution in [3.05, 3.63) is 70.8 Å². The number of aromatic nitrogens is 2. The van der Waals surface area contributed by atoms with E-state index in [1.165, 1.54) is 13.4 Å². The number of carbonyl (C=O) groups excluding carboxylic acids is 3. The Morgan fingerprint density at radius 2 is 1.63 bits per heavy atom. The molecule has 4 N–H and O–H groups in total. The van der Waals surface area contributed by atoms with E-state index in [9.17, 15) is 14.4 Å². The summed E-state index contributed by atoms with van der Waals surface area (Å²) in [5.74, 6) is -0.756. The number of halogens is 1. The van der Waals surface area contributed by atoms with Crippen molar-refractivity contribution in [1.29, 1.82) is 0 Å². The third-order valence-corrected chi connectivity index (χ3v) is 6.48. The summed E-state index contributed by atoms with van der Waals surface area (Å²) in [6, 6.07) is 11.5. The SMILES string of the molecule is CNC(=O)c1[nH]cnc1C(=O)Nc1ccc(NC(=O)c2ccc(OCCN3CCN(C)CC3)cc2Cl)cc1. The third kappa shape index (κ3) is 6.88. The molecule has 1 aliphatic rings. The van der Waals surface area contributed by atoms with Gasteiger partial charge >= 0.3 is 0 Å². The number of ether oxygens (including phenoxy) is 1. The number of anilines is 2. The quantitative estimate of drug-likeness (QED) is 0.328. The van der Waals surface area contributed by atoms with Crippen molar-refractivity contribution >= 4 is 40.7 Å². The van der Waals surface area contributed by atoms with Gasteiger partial charge in [-0.25, -0.2) is 4.98 Å². The molecule has 2 heterocycles. The van der Waals surface area contributed by atoms with Gasteiger partial charge in [0.05, 0.1) is 16.9 Å². The summed E-state index contributed by atoms with van der Waals surface area (Å²) in [6.45, 7) is 5.53. The topological polar surface area (TPSA) is 132 Å². The Bertz CT molecular complexity index is 1290. The number of piperazine rings is 1. The molecule has 200 valence electrons. The van der Waals surface area contributed by atoms with Gasteiger partial charge in [-0.3, -0.25) is 19.3 Å². The van der Waals surface area contributed by atoms with Gasteiger partial charge in [0.2, 0.25) is 0 Å². The van der Waals surface area contributed by atoms with Crippen LogP contribution in [0.4, 0.5) is 11.4 Å². The Morgan fingerprint density at radius 3 is 2.26 bits per heavy atom. The molecule has 0 unspecified atom stereocenters. The number of imidazole rings is 1. The lowest BCUT2D eigenvalue weighted by Crippen LogP contribution is -2.45. The molecule has 0 bridgehead atoms. The molecule has 1 aliphatic heterocycles. The molecule has 0 saturated carbocycles. The van der Waals surface area contributed by atoms with Gasteiger partial charge in [0.25, 0.3) is 17.7 Å². The van der Waals surface area contributed by atoms with Gasteiger partial charge in [0, 0.05) is 51.1 Å². The fourth-order valence-corrected chi connectivity index (χ4v) is 4.18. The maximum Gasteiger partial charge on any atom is 0.276 e. The fourth-order valence-electron chi connectivity index (χ4n) is 3.92. The highest BCUT2D eigenvalue weighted by molar-refractivity contribution is 6.34. The second-order valence-electron chi connectivity index (χ2n) is 8.83. The number of benzene rings is 2. The first kappa shape index (κ1) is 27.1. The Morgan fingerprint density at radius 1 is 0.974 bits per heavy atom. The van der Waals surface area contributed by atoms with E-state index in [-0.39, 0.29) is 22.3 Å². The van der Waals surface area contributed by atoms with Gasteiger partial charge < -0.3 is 30.6 Å². The summed E-state index contributed by atoms with van der Waals surface area (Å²) < 4.78 is 5.83. The van der Waals surface area contributed by atoms with Crippen molar-refractivity contribution in [2.24, 2.45) is 0 Å². The van der Waals surface area contributed by atoms with Gasteiger partial charge in [0.15, 0.2) is 5.69 Å². The van der Waals surface area contributed by atoms with Crippen LogP contribution in [0, 0.1) is 0 Å². The molecule has 3 amide bonds. The van der Waals surface area contributed by atoms with E-state index in [1.807, 2.05) is 0 Å². The van der Waals surface area contributed by atoms with Crippen LogP contribution in [-0.4, -0.2) is 90.9 Å². The summed E-state index contributed by atoms with van der Waals surface area (Å²) in [5, 5.41) is 8.20. The van der Waals surface area contributed by atoms with Crippen LogP contribution in [0.25, 0.3) is 0 Å². The minimum absolute atomic E-state index is 0.0249. The number of carbonyl (C=O) groups is 3. The number of rotatable bonds is 9. The number of amides is 3. The molecule has 0 spiro atoms. The number of nitrogens with one attached hydrogen (secondary N) is 4. The summed E-state index contributed by atoms with van der Waals surface area (Å²) in [5.41, 5.74) is 1.34. The van der Waals surface area contributed by atoms with Crippen LogP contribution in [0.1, 0.15) is 31.3 Å². The minimum Gasteiger partial charge on any atom is -0.492 e. The summed E-state index contributed by atoms with van der Waals surface area (Å²) in [7, 11) is 3.58. The molecule has 3 aromatic rings. The Balaban J connectivity index is 1.29. The van der Waals surface area contributed by atoms with E-state index in [2.05, 4.69) is 42.8 Å². The third-order valence-electron chi connectivity index (χ3n) is 6.17. The molecule has 4 rings (SSSR count). The van der Waals surface area contributed by atoms with Gasteiger partial charge in [-0.05, 0) is 49.5 Å². The van der Waals surface area contributed by atoms with Crippen molar-refractivity contribution in [1.82, 2.24) is 25.1 Å². The Hall–Kier alpha value is -3.93. The summed E-state index contributed by atoms with van der Waals surface area (Å²) in [4.78, 5) is 48.4. The van der Waals surface area contributed by atoms with Crippen molar-refractivity contribution in [2.75, 3.05) is 64.1 Å². The van der Waals surface area contributed by atoms with Crippen molar-refractivity contribution in [3.8, 4) is 5.75 Å². The predicted molar refractivity (Wildman–Crippen MR) is 145 cm³/mol. The van der Waals surface area contributed by atoms with Crippen molar-refractivity contribution in [3.63, 3.8) is 0 Å². The average molecular weight is 540 g/mol. The molecular formula is C26H30ClN7O4. The smallest absolute Gasteiger partial charge is 0.276 e. The Kier molecular flexibility index (Phi) is 8.95. The predicted octanol–water partition coefficient (Wildman–Crippen LogP) is 2.55. The minimum atomic E-state index is -0.542. The molecule has 12 heteroatoms. The highest BCUT2D eigenvalue weighted by atomic mass is 35.5. The zero-order valence-electron chi connectivity index (χ0n) is 21.2. The van der Waals surface area contributed by atoms with E-state index in [0.717, 1.165) is 32.7 Å². The fraction of sp³-hybridized carbons (Fsp3) is 0.308. The van der Waals surface area contributed by atoms with E-state index >= 15 is 0 Å². The zero-order chi connectivity index (χ0) is 27.1. The van der Waals surface area contributed by atoms with Gasteiger partial charge in [-0.15, -0.1) is 0 Å². The molecule has 0 radical (unpaired) electrons. The van der Waals surface area contributed by atoms with Gasteiger partial charge in [-0.2, -0.15) is 0 Å². The highest BCUT2D eigenvalue weighted by Crippen LogP contribution is 2.24. The molecule has 38 heavy (non-hydrogen) atoms. The number of hydrogen-bond acceptors (Lipinski definition) is 7. The van der Waals surface area contributed by atoms with Gasteiger partial charge in [0.1, 0.15) is 18.1 Å². The lowest BCUT2D eigenvalue weighted by molar-refractivity contribution is 0.0943. The van der Waals surface area contributed by atoms with Crippen molar-refractivity contribution in [2.45, 2.75) is 0 Å². The van der Waals surface area contributed by atoms with Crippen LogP contribution < -0.4 is 20.7 Å². The molecular weight excluding hydrogens is 510 g/mol. The number of aromatic amines is 1. The summed E-state index contributed by atoms with van der Waals surface area (Å²) >= 11 is 6.37. The van der Waals surface area contributed by atoms with Crippen LogP contribution in [0.15, 0.2) is 48.8 Å².